The molecule has 0 aliphatic carbocycles. The van der Waals surface area contributed by atoms with Gasteiger partial charge in [-0.05, 0) is 31.8 Å². The number of hydrogen-bond acceptors (Lipinski definition) is 3. The van der Waals surface area contributed by atoms with Gasteiger partial charge in [-0.15, -0.1) is 0 Å². The van der Waals surface area contributed by atoms with Gasteiger partial charge in [-0.3, -0.25) is 15.6 Å². The zero-order valence-electron chi connectivity index (χ0n) is 8.45. The number of carbonyl (C=O) groups excluding carboxylic acids is 1. The van der Waals surface area contributed by atoms with Crippen molar-refractivity contribution in [2.24, 2.45) is 0 Å². The van der Waals surface area contributed by atoms with Crippen LogP contribution in [0.5, 0.6) is 0 Å². The molecule has 0 atom stereocenters. The Morgan fingerprint density at radius 2 is 1.93 bits per heavy atom. The number of benzene rings is 1. The lowest BCUT2D eigenvalue weighted by Crippen LogP contribution is -2.18. The normalized spacial score (nSPS) is 9.93. The summed E-state index contributed by atoms with van der Waals surface area (Å²) in [6.07, 6.45) is 0.605. The number of carbonyl (C=O) groups is 1. The first-order chi connectivity index (χ1) is 6.72. The molecule has 0 radical (unpaired) electrons. The van der Waals surface area contributed by atoms with Crippen LogP contribution in [-0.2, 0) is 11.3 Å². The molecule has 4 heteroatoms. The summed E-state index contributed by atoms with van der Waals surface area (Å²) in [6, 6.07) is 7.90. The molecule has 1 aromatic carbocycles. The van der Waals surface area contributed by atoms with Gasteiger partial charge < -0.3 is 4.90 Å². The van der Waals surface area contributed by atoms with Gasteiger partial charge in [0.05, 0.1) is 5.69 Å². The van der Waals surface area contributed by atoms with Gasteiger partial charge in [0.2, 0.25) is 6.41 Å². The van der Waals surface area contributed by atoms with Gasteiger partial charge in [0.1, 0.15) is 0 Å². The van der Waals surface area contributed by atoms with Crippen molar-refractivity contribution in [1.82, 2.24) is 10.3 Å². The largest absolute Gasteiger partial charge is 0.305 e. The molecule has 76 valence electrons. The van der Waals surface area contributed by atoms with Crippen LogP contribution >= 0.6 is 0 Å². The van der Waals surface area contributed by atoms with Crippen LogP contribution in [0.1, 0.15) is 5.56 Å². The van der Waals surface area contributed by atoms with Crippen LogP contribution < -0.4 is 10.9 Å². The number of hydrazine groups is 1. The molecule has 0 aliphatic heterocycles. The molecule has 1 rings (SSSR count). The molecular formula is C10H15N3O. The van der Waals surface area contributed by atoms with Gasteiger partial charge in [0, 0.05) is 6.54 Å². The Bertz CT molecular complexity index is 282. The molecule has 0 aliphatic rings. The maximum Gasteiger partial charge on any atom is 0.225 e. The number of rotatable bonds is 5. The van der Waals surface area contributed by atoms with Crippen molar-refractivity contribution in [1.29, 1.82) is 0 Å². The van der Waals surface area contributed by atoms with E-state index in [0.717, 1.165) is 12.2 Å². The second-order valence-corrected chi connectivity index (χ2v) is 3.32. The molecule has 2 N–H and O–H groups in total. The molecule has 0 saturated carbocycles. The minimum Gasteiger partial charge on any atom is -0.305 e. The Kier molecular flexibility index (Phi) is 3.94. The summed E-state index contributed by atoms with van der Waals surface area (Å²) in [4.78, 5) is 12.1. The van der Waals surface area contributed by atoms with E-state index >= 15 is 0 Å². The highest BCUT2D eigenvalue weighted by molar-refractivity contribution is 5.53. The molecule has 0 saturated heterocycles. The van der Waals surface area contributed by atoms with E-state index in [2.05, 4.69) is 15.8 Å². The molecule has 1 amide bonds. The SMILES string of the molecule is CN(C)Cc1ccc(NNC=O)cc1. The molecule has 4 nitrogen and oxygen atoms in total. The highest BCUT2D eigenvalue weighted by Crippen LogP contribution is 2.09. The van der Waals surface area contributed by atoms with Gasteiger partial charge >= 0.3 is 0 Å². The number of hydrogen-bond donors (Lipinski definition) is 2. The topological polar surface area (TPSA) is 44.4 Å². The minimum atomic E-state index is 0.605. The summed E-state index contributed by atoms with van der Waals surface area (Å²) in [5, 5.41) is 0. The predicted octanol–water partition coefficient (Wildman–Crippen LogP) is 0.821. The zero-order valence-corrected chi connectivity index (χ0v) is 8.45. The van der Waals surface area contributed by atoms with Crippen LogP contribution in [0.4, 0.5) is 5.69 Å². The van der Waals surface area contributed by atoms with Crippen LogP contribution in [0.25, 0.3) is 0 Å². The van der Waals surface area contributed by atoms with Crippen molar-refractivity contribution in [3.05, 3.63) is 29.8 Å². The Labute approximate surface area is 83.9 Å². The Balaban J connectivity index is 2.54. The average molecular weight is 193 g/mol. The van der Waals surface area contributed by atoms with E-state index in [1.54, 1.807) is 0 Å². The van der Waals surface area contributed by atoms with E-state index < -0.39 is 0 Å². The lowest BCUT2D eigenvalue weighted by molar-refractivity contribution is -0.109. The lowest BCUT2D eigenvalue weighted by atomic mass is 10.2. The van der Waals surface area contributed by atoms with E-state index in [-0.39, 0.29) is 0 Å². The summed E-state index contributed by atoms with van der Waals surface area (Å²) in [5.74, 6) is 0. The van der Waals surface area contributed by atoms with Crippen molar-refractivity contribution in [3.8, 4) is 0 Å². The Hall–Kier alpha value is -1.55. The smallest absolute Gasteiger partial charge is 0.225 e. The molecule has 1 aromatic rings. The molecule has 0 heterocycles. The molecule has 0 unspecified atom stereocenters. The molecule has 0 fully saturated rings. The van der Waals surface area contributed by atoms with Gasteiger partial charge in [-0.2, -0.15) is 0 Å². The van der Waals surface area contributed by atoms with Crippen LogP contribution in [0.2, 0.25) is 0 Å². The monoisotopic (exact) mass is 193 g/mol. The van der Waals surface area contributed by atoms with Crippen LogP contribution in [0, 0.1) is 0 Å². The quantitative estimate of drug-likeness (QED) is 0.537. The minimum absolute atomic E-state index is 0.605. The Morgan fingerprint density at radius 1 is 1.29 bits per heavy atom. The maximum absolute atomic E-state index is 10.0. The summed E-state index contributed by atoms with van der Waals surface area (Å²) < 4.78 is 0. The maximum atomic E-state index is 10.0. The second kappa shape index (κ2) is 5.24. The van der Waals surface area contributed by atoms with Crippen molar-refractivity contribution >= 4 is 12.1 Å². The second-order valence-electron chi connectivity index (χ2n) is 3.32. The van der Waals surface area contributed by atoms with Gasteiger partial charge in [-0.25, -0.2) is 0 Å². The van der Waals surface area contributed by atoms with Gasteiger partial charge in [0.15, 0.2) is 0 Å². The third kappa shape index (κ3) is 3.45. The zero-order chi connectivity index (χ0) is 10.4. The third-order valence-corrected chi connectivity index (χ3v) is 1.73. The molecule has 0 bridgehead atoms. The molecule has 0 aromatic heterocycles. The fourth-order valence-electron chi connectivity index (χ4n) is 1.17. The fraction of sp³-hybridized carbons (Fsp3) is 0.300. The summed E-state index contributed by atoms with van der Waals surface area (Å²) in [5.41, 5.74) is 7.24. The fourth-order valence-corrected chi connectivity index (χ4v) is 1.17. The highest BCUT2D eigenvalue weighted by atomic mass is 16.1. The Morgan fingerprint density at radius 3 is 2.43 bits per heavy atom. The third-order valence-electron chi connectivity index (χ3n) is 1.73. The van der Waals surface area contributed by atoms with Crippen LogP contribution in [0.3, 0.4) is 0 Å². The summed E-state index contributed by atoms with van der Waals surface area (Å²) >= 11 is 0. The van der Waals surface area contributed by atoms with Crippen molar-refractivity contribution in [3.63, 3.8) is 0 Å². The van der Waals surface area contributed by atoms with Crippen molar-refractivity contribution in [2.45, 2.75) is 6.54 Å². The molecule has 0 spiro atoms. The van der Waals surface area contributed by atoms with Crippen molar-refractivity contribution < 1.29 is 4.79 Å². The average Bonchev–Trinajstić information content (AvgIpc) is 2.16. The lowest BCUT2D eigenvalue weighted by Gasteiger charge is -2.10. The standard InChI is InChI=1S/C10H15N3O/c1-13(2)7-9-3-5-10(6-4-9)12-11-8-14/h3-6,8,12H,7H2,1-2H3,(H,11,14). The number of nitrogens with one attached hydrogen (secondary N) is 2. The van der Waals surface area contributed by atoms with Crippen LogP contribution in [-0.4, -0.2) is 25.4 Å². The van der Waals surface area contributed by atoms with E-state index in [4.69, 9.17) is 0 Å². The number of anilines is 1. The number of amides is 1. The highest BCUT2D eigenvalue weighted by Gasteiger charge is 1.95. The first-order valence-corrected chi connectivity index (χ1v) is 4.41. The molecular weight excluding hydrogens is 178 g/mol. The van der Waals surface area contributed by atoms with Crippen LogP contribution in [0.15, 0.2) is 24.3 Å². The first-order valence-electron chi connectivity index (χ1n) is 4.41. The van der Waals surface area contributed by atoms with E-state index in [0.29, 0.717) is 6.41 Å². The number of nitrogens with zero attached hydrogens (tertiary/aromatic N) is 1. The molecule has 14 heavy (non-hydrogen) atoms. The van der Waals surface area contributed by atoms with Gasteiger partial charge in [-0.1, -0.05) is 12.1 Å². The van der Waals surface area contributed by atoms with Crippen molar-refractivity contribution in [2.75, 3.05) is 19.5 Å². The van der Waals surface area contributed by atoms with E-state index in [9.17, 15) is 4.79 Å². The van der Waals surface area contributed by atoms with E-state index in [1.807, 2.05) is 38.4 Å². The summed E-state index contributed by atoms with van der Waals surface area (Å²) in [6.45, 7) is 0.918. The predicted molar refractivity (Wildman–Crippen MR) is 56.7 cm³/mol. The van der Waals surface area contributed by atoms with Gasteiger partial charge in [0.25, 0.3) is 0 Å². The summed E-state index contributed by atoms with van der Waals surface area (Å²) in [7, 11) is 4.06. The first kappa shape index (κ1) is 10.5. The van der Waals surface area contributed by atoms with E-state index in [1.165, 1.54) is 5.56 Å².